The van der Waals surface area contributed by atoms with Crippen molar-refractivity contribution in [2.24, 2.45) is 0 Å². The maximum Gasteiger partial charge on any atom is 0.0792 e. The van der Waals surface area contributed by atoms with Crippen molar-refractivity contribution < 1.29 is 0 Å². The van der Waals surface area contributed by atoms with E-state index in [1.54, 1.807) is 0 Å². The number of benzene rings is 5. The lowest BCUT2D eigenvalue weighted by molar-refractivity contribution is 1.27. The fourth-order valence-electron chi connectivity index (χ4n) is 5.13. The summed E-state index contributed by atoms with van der Waals surface area (Å²) in [6.45, 7) is 6.62. The molecule has 1 aromatic heterocycles. The topological polar surface area (TPSA) is 12.9 Å². The summed E-state index contributed by atoms with van der Waals surface area (Å²) in [7, 11) is 0. The molecule has 6 aromatic rings. The third kappa shape index (κ3) is 3.12. The van der Waals surface area contributed by atoms with E-state index in [-0.39, 0.29) is 0 Å². The first kappa shape index (κ1) is 19.7. The van der Waals surface area contributed by atoms with Crippen LogP contribution in [0.1, 0.15) is 16.7 Å². The Bertz CT molecular complexity index is 1610. The number of nitrogens with zero attached hydrogens (tertiary/aromatic N) is 1. The highest BCUT2D eigenvalue weighted by Crippen LogP contribution is 2.43. The molecule has 0 atom stereocenters. The summed E-state index contributed by atoms with van der Waals surface area (Å²) >= 11 is 0. The molecule has 5 aromatic carbocycles. The van der Waals surface area contributed by atoms with Crippen molar-refractivity contribution in [2.45, 2.75) is 20.8 Å². The molecular formula is C32H25N. The van der Waals surface area contributed by atoms with Crippen LogP contribution in [0.5, 0.6) is 0 Å². The van der Waals surface area contributed by atoms with Crippen molar-refractivity contribution in [3.8, 4) is 22.3 Å². The predicted molar refractivity (Wildman–Crippen MR) is 142 cm³/mol. The van der Waals surface area contributed by atoms with Gasteiger partial charge in [-0.3, -0.25) is 4.98 Å². The molecule has 0 N–H and O–H groups in total. The molecule has 0 bridgehead atoms. The quantitative estimate of drug-likeness (QED) is 0.254. The molecule has 0 saturated heterocycles. The second-order valence-electron chi connectivity index (χ2n) is 8.99. The number of hydrogen-bond donors (Lipinski definition) is 0. The fourth-order valence-corrected chi connectivity index (χ4v) is 5.13. The first-order valence-electron chi connectivity index (χ1n) is 11.5. The summed E-state index contributed by atoms with van der Waals surface area (Å²) in [6, 6.07) is 33.0. The Morgan fingerprint density at radius 2 is 1.15 bits per heavy atom. The van der Waals surface area contributed by atoms with E-state index in [2.05, 4.69) is 112 Å². The molecule has 1 heteroatoms. The van der Waals surface area contributed by atoms with E-state index < -0.39 is 0 Å². The maximum absolute atomic E-state index is 4.94. The van der Waals surface area contributed by atoms with Gasteiger partial charge >= 0.3 is 0 Å². The molecule has 33 heavy (non-hydrogen) atoms. The molecule has 0 aliphatic carbocycles. The van der Waals surface area contributed by atoms with Gasteiger partial charge in [0.05, 0.1) is 5.52 Å². The minimum Gasteiger partial charge on any atom is -0.256 e. The van der Waals surface area contributed by atoms with Crippen LogP contribution in [0.3, 0.4) is 0 Å². The summed E-state index contributed by atoms with van der Waals surface area (Å²) in [5.41, 5.74) is 10.00. The van der Waals surface area contributed by atoms with Crippen LogP contribution in [0, 0.1) is 20.8 Å². The smallest absolute Gasteiger partial charge is 0.0792 e. The highest BCUT2D eigenvalue weighted by atomic mass is 14.7. The van der Waals surface area contributed by atoms with Crippen LogP contribution in [0.25, 0.3) is 54.7 Å². The number of rotatable bonds is 2. The average Bonchev–Trinajstić information content (AvgIpc) is 2.85. The van der Waals surface area contributed by atoms with Gasteiger partial charge in [0.2, 0.25) is 0 Å². The second-order valence-corrected chi connectivity index (χ2v) is 8.99. The van der Waals surface area contributed by atoms with Crippen molar-refractivity contribution >= 4 is 32.4 Å². The summed E-state index contributed by atoms with van der Waals surface area (Å²) in [4.78, 5) is 4.94. The van der Waals surface area contributed by atoms with Gasteiger partial charge in [0.25, 0.3) is 0 Å². The third-order valence-corrected chi connectivity index (χ3v) is 7.03. The first-order valence-corrected chi connectivity index (χ1v) is 11.5. The zero-order chi connectivity index (χ0) is 22.5. The molecule has 0 amide bonds. The fraction of sp³-hybridized carbons (Fsp3) is 0.0938. The number of fused-ring (bicyclic) bond motifs is 3. The molecule has 0 saturated carbocycles. The van der Waals surface area contributed by atoms with Crippen LogP contribution < -0.4 is 0 Å². The van der Waals surface area contributed by atoms with Gasteiger partial charge < -0.3 is 0 Å². The standard InChI is InChI=1S/C32H25N/c1-20-17-26(18-21(2)22(20)3)30-27-11-6-7-12-28(27)31(32-29(30)13-8-16-33-32)25-15-14-23-9-4-5-10-24(23)19-25/h4-19H,1-3H3. The van der Waals surface area contributed by atoms with Gasteiger partial charge in [-0.15, -0.1) is 0 Å². The molecule has 0 radical (unpaired) electrons. The molecular weight excluding hydrogens is 398 g/mol. The lowest BCUT2D eigenvalue weighted by Crippen LogP contribution is -1.94. The summed E-state index contributed by atoms with van der Waals surface area (Å²) in [6.07, 6.45) is 1.91. The monoisotopic (exact) mass is 423 g/mol. The summed E-state index contributed by atoms with van der Waals surface area (Å²) < 4.78 is 0. The molecule has 0 unspecified atom stereocenters. The lowest BCUT2D eigenvalue weighted by atomic mass is 9.86. The van der Waals surface area contributed by atoms with E-state index in [1.165, 1.54) is 65.9 Å². The minimum absolute atomic E-state index is 1.05. The highest BCUT2D eigenvalue weighted by Gasteiger charge is 2.18. The SMILES string of the molecule is Cc1cc(-c2c3ccccc3c(-c3ccc4ccccc4c3)c3ncccc23)cc(C)c1C. The van der Waals surface area contributed by atoms with Crippen molar-refractivity contribution in [1.29, 1.82) is 0 Å². The Kier molecular flexibility index (Phi) is 4.52. The average molecular weight is 424 g/mol. The van der Waals surface area contributed by atoms with E-state index in [9.17, 15) is 0 Å². The van der Waals surface area contributed by atoms with Gasteiger partial charge in [-0.2, -0.15) is 0 Å². The van der Waals surface area contributed by atoms with E-state index >= 15 is 0 Å². The number of pyridine rings is 1. The van der Waals surface area contributed by atoms with Gasteiger partial charge in [0.15, 0.2) is 0 Å². The third-order valence-electron chi connectivity index (χ3n) is 7.03. The van der Waals surface area contributed by atoms with Crippen LogP contribution in [0.2, 0.25) is 0 Å². The minimum atomic E-state index is 1.05. The van der Waals surface area contributed by atoms with Crippen molar-refractivity contribution in [2.75, 3.05) is 0 Å². The Labute approximate surface area is 194 Å². The van der Waals surface area contributed by atoms with Crippen LogP contribution in [-0.4, -0.2) is 4.98 Å². The normalized spacial score (nSPS) is 11.5. The maximum atomic E-state index is 4.94. The van der Waals surface area contributed by atoms with Gasteiger partial charge in [0.1, 0.15) is 0 Å². The number of aryl methyl sites for hydroxylation is 2. The Morgan fingerprint density at radius 3 is 1.91 bits per heavy atom. The van der Waals surface area contributed by atoms with Gasteiger partial charge in [0, 0.05) is 17.1 Å². The Hall–Kier alpha value is -3.97. The molecule has 1 heterocycles. The number of hydrogen-bond acceptors (Lipinski definition) is 1. The highest BCUT2D eigenvalue weighted by molar-refractivity contribution is 6.20. The van der Waals surface area contributed by atoms with E-state index in [1.807, 2.05) is 6.20 Å². The van der Waals surface area contributed by atoms with Crippen LogP contribution in [0.15, 0.2) is 97.2 Å². The van der Waals surface area contributed by atoms with Crippen LogP contribution in [-0.2, 0) is 0 Å². The Morgan fingerprint density at radius 1 is 0.515 bits per heavy atom. The van der Waals surface area contributed by atoms with Gasteiger partial charge in [-0.25, -0.2) is 0 Å². The van der Waals surface area contributed by atoms with Crippen molar-refractivity contribution in [1.82, 2.24) is 4.98 Å². The molecule has 6 rings (SSSR count). The first-order chi connectivity index (χ1) is 16.1. The number of aromatic nitrogens is 1. The molecule has 1 nitrogen and oxygen atoms in total. The van der Waals surface area contributed by atoms with Crippen LogP contribution in [0.4, 0.5) is 0 Å². The lowest BCUT2D eigenvalue weighted by Gasteiger charge is -2.18. The van der Waals surface area contributed by atoms with E-state index in [0.29, 0.717) is 0 Å². The van der Waals surface area contributed by atoms with Crippen LogP contribution >= 0.6 is 0 Å². The zero-order valence-corrected chi connectivity index (χ0v) is 19.2. The Balaban J connectivity index is 1.77. The molecule has 0 aliphatic rings. The molecule has 0 aliphatic heterocycles. The van der Waals surface area contributed by atoms with Gasteiger partial charge in [-0.05, 0) is 87.8 Å². The second kappa shape index (κ2) is 7.56. The predicted octanol–water partition coefficient (Wildman–Crippen LogP) is 8.80. The zero-order valence-electron chi connectivity index (χ0n) is 19.2. The van der Waals surface area contributed by atoms with Gasteiger partial charge in [-0.1, -0.05) is 78.9 Å². The van der Waals surface area contributed by atoms with E-state index in [0.717, 1.165) is 5.52 Å². The van der Waals surface area contributed by atoms with Crippen molar-refractivity contribution in [3.63, 3.8) is 0 Å². The van der Waals surface area contributed by atoms with Crippen molar-refractivity contribution in [3.05, 3.63) is 114 Å². The summed E-state index contributed by atoms with van der Waals surface area (Å²) in [5.74, 6) is 0. The molecule has 158 valence electrons. The van der Waals surface area contributed by atoms with E-state index in [4.69, 9.17) is 4.98 Å². The molecule has 0 fully saturated rings. The largest absolute Gasteiger partial charge is 0.256 e. The summed E-state index contributed by atoms with van der Waals surface area (Å²) in [5, 5.41) is 6.21. The molecule has 0 spiro atoms.